The number of anilines is 1. The standard InChI is InChI=1S/C16H24N2O.C2H2O4/c1-13-10-14(2)12-15(11-13)17-16(19)6-9-18-7-4-3-5-8-18;3-1(4)2(5)6/h10-12H,3-9H2,1-2H3,(H,17,19);(H,3,4)(H,5,6). The highest BCUT2D eigenvalue weighted by molar-refractivity contribution is 6.27. The number of rotatable bonds is 4. The molecule has 0 aromatic heterocycles. The fraction of sp³-hybridized carbons (Fsp3) is 0.500. The molecule has 0 saturated carbocycles. The van der Waals surface area contributed by atoms with E-state index in [1.807, 2.05) is 12.1 Å². The number of carboxylic acid groups (broad SMARTS) is 2. The van der Waals surface area contributed by atoms with Gasteiger partial charge in [0.1, 0.15) is 0 Å². The van der Waals surface area contributed by atoms with Crippen LogP contribution in [0.1, 0.15) is 36.8 Å². The molecule has 1 fully saturated rings. The summed E-state index contributed by atoms with van der Waals surface area (Å²) >= 11 is 0. The van der Waals surface area contributed by atoms with Crippen LogP contribution in [-0.4, -0.2) is 52.6 Å². The number of carboxylic acids is 2. The van der Waals surface area contributed by atoms with Crippen molar-refractivity contribution in [1.82, 2.24) is 4.90 Å². The molecule has 1 saturated heterocycles. The Morgan fingerprint density at radius 3 is 1.96 bits per heavy atom. The summed E-state index contributed by atoms with van der Waals surface area (Å²) in [5.74, 6) is -3.53. The smallest absolute Gasteiger partial charge is 0.414 e. The second-order valence-electron chi connectivity index (χ2n) is 6.19. The van der Waals surface area contributed by atoms with E-state index in [1.165, 1.54) is 30.4 Å². The van der Waals surface area contributed by atoms with Crippen molar-refractivity contribution < 1.29 is 24.6 Å². The minimum atomic E-state index is -1.82. The number of nitrogens with one attached hydrogen (secondary N) is 1. The van der Waals surface area contributed by atoms with Gasteiger partial charge in [-0.25, -0.2) is 9.59 Å². The van der Waals surface area contributed by atoms with Crippen molar-refractivity contribution >= 4 is 23.5 Å². The van der Waals surface area contributed by atoms with E-state index in [0.29, 0.717) is 6.42 Å². The highest BCUT2D eigenvalue weighted by Crippen LogP contribution is 2.14. The van der Waals surface area contributed by atoms with Gasteiger partial charge in [-0.3, -0.25) is 4.79 Å². The summed E-state index contributed by atoms with van der Waals surface area (Å²) in [5.41, 5.74) is 3.29. The molecule has 1 aromatic carbocycles. The van der Waals surface area contributed by atoms with Crippen LogP contribution in [0.25, 0.3) is 0 Å². The third-order valence-corrected chi connectivity index (χ3v) is 3.79. The maximum absolute atomic E-state index is 11.9. The molecule has 25 heavy (non-hydrogen) atoms. The maximum Gasteiger partial charge on any atom is 0.414 e. The summed E-state index contributed by atoms with van der Waals surface area (Å²) in [6, 6.07) is 6.15. The van der Waals surface area contributed by atoms with E-state index in [4.69, 9.17) is 19.8 Å². The number of aliphatic carboxylic acids is 2. The number of nitrogens with zero attached hydrogens (tertiary/aromatic N) is 1. The molecular weight excluding hydrogens is 324 g/mol. The van der Waals surface area contributed by atoms with Crippen molar-refractivity contribution in [3.63, 3.8) is 0 Å². The van der Waals surface area contributed by atoms with E-state index in [-0.39, 0.29) is 5.91 Å². The van der Waals surface area contributed by atoms with Crippen molar-refractivity contribution in [3.8, 4) is 0 Å². The van der Waals surface area contributed by atoms with Crippen LogP contribution in [0.15, 0.2) is 18.2 Å². The van der Waals surface area contributed by atoms with Gasteiger partial charge in [0.2, 0.25) is 5.91 Å². The van der Waals surface area contributed by atoms with Crippen LogP contribution in [0.3, 0.4) is 0 Å². The summed E-state index contributed by atoms with van der Waals surface area (Å²) in [5, 5.41) is 17.8. The number of likely N-dealkylation sites (tertiary alicyclic amines) is 1. The summed E-state index contributed by atoms with van der Waals surface area (Å²) in [6.07, 6.45) is 4.48. The summed E-state index contributed by atoms with van der Waals surface area (Å²) in [7, 11) is 0. The predicted molar refractivity (Wildman–Crippen MR) is 94.7 cm³/mol. The van der Waals surface area contributed by atoms with E-state index >= 15 is 0 Å². The molecule has 0 spiro atoms. The molecule has 1 aliphatic heterocycles. The lowest BCUT2D eigenvalue weighted by Crippen LogP contribution is -2.32. The molecule has 2 rings (SSSR count). The first-order valence-electron chi connectivity index (χ1n) is 8.34. The van der Waals surface area contributed by atoms with Gasteiger partial charge in [0.15, 0.2) is 0 Å². The molecule has 0 bridgehead atoms. The fourth-order valence-corrected chi connectivity index (χ4v) is 2.71. The lowest BCUT2D eigenvalue weighted by Gasteiger charge is -2.25. The van der Waals surface area contributed by atoms with Gasteiger partial charge < -0.3 is 20.4 Å². The van der Waals surface area contributed by atoms with Gasteiger partial charge in [-0.15, -0.1) is 0 Å². The zero-order valence-corrected chi connectivity index (χ0v) is 14.7. The molecule has 1 amide bonds. The van der Waals surface area contributed by atoms with Crippen molar-refractivity contribution in [3.05, 3.63) is 29.3 Å². The largest absolute Gasteiger partial charge is 0.473 e. The Labute approximate surface area is 147 Å². The number of hydrogen-bond donors (Lipinski definition) is 3. The molecule has 0 atom stereocenters. The molecule has 0 radical (unpaired) electrons. The maximum atomic E-state index is 11.9. The summed E-state index contributed by atoms with van der Waals surface area (Å²) < 4.78 is 0. The number of amides is 1. The molecule has 0 unspecified atom stereocenters. The van der Waals surface area contributed by atoms with Crippen molar-refractivity contribution in [1.29, 1.82) is 0 Å². The van der Waals surface area contributed by atoms with Gasteiger partial charge in [0.05, 0.1) is 0 Å². The zero-order valence-electron chi connectivity index (χ0n) is 14.7. The number of piperidine rings is 1. The normalized spacial score (nSPS) is 14.2. The molecule has 1 heterocycles. The molecule has 138 valence electrons. The van der Waals surface area contributed by atoms with Gasteiger partial charge in [-0.1, -0.05) is 12.5 Å². The van der Waals surface area contributed by atoms with Gasteiger partial charge in [-0.2, -0.15) is 0 Å². The first-order chi connectivity index (χ1) is 11.8. The molecule has 7 heteroatoms. The number of carbonyl (C=O) groups excluding carboxylic acids is 1. The van der Waals surface area contributed by atoms with Crippen LogP contribution in [0.5, 0.6) is 0 Å². The molecule has 3 N–H and O–H groups in total. The average Bonchev–Trinajstić information content (AvgIpc) is 2.53. The third-order valence-electron chi connectivity index (χ3n) is 3.79. The third kappa shape index (κ3) is 8.85. The molecule has 1 aliphatic rings. The Bertz CT molecular complexity index is 577. The number of benzene rings is 1. The number of aryl methyl sites for hydroxylation is 2. The first-order valence-corrected chi connectivity index (χ1v) is 8.34. The second kappa shape index (κ2) is 10.5. The van der Waals surface area contributed by atoms with Gasteiger partial charge >= 0.3 is 11.9 Å². The zero-order chi connectivity index (χ0) is 18.8. The van der Waals surface area contributed by atoms with Gasteiger partial charge in [0, 0.05) is 18.7 Å². The van der Waals surface area contributed by atoms with Gasteiger partial charge in [-0.05, 0) is 63.0 Å². The SMILES string of the molecule is Cc1cc(C)cc(NC(=O)CCN2CCCCC2)c1.O=C(O)C(=O)O. The predicted octanol–water partition coefficient (Wildman–Crippen LogP) is 2.27. The fourth-order valence-electron chi connectivity index (χ4n) is 2.71. The highest BCUT2D eigenvalue weighted by atomic mass is 16.4. The molecule has 0 aliphatic carbocycles. The van der Waals surface area contributed by atoms with E-state index in [1.54, 1.807) is 0 Å². The van der Waals surface area contributed by atoms with Crippen LogP contribution >= 0.6 is 0 Å². The Morgan fingerprint density at radius 1 is 0.960 bits per heavy atom. The Hall–Kier alpha value is -2.41. The molecular formula is C18H26N2O5. The quantitative estimate of drug-likeness (QED) is 0.719. The van der Waals surface area contributed by atoms with E-state index < -0.39 is 11.9 Å². The average molecular weight is 350 g/mol. The van der Waals surface area contributed by atoms with Crippen LogP contribution in [0.2, 0.25) is 0 Å². The van der Waals surface area contributed by atoms with E-state index in [0.717, 1.165) is 25.3 Å². The first kappa shape index (κ1) is 20.6. The van der Waals surface area contributed by atoms with Crippen LogP contribution < -0.4 is 5.32 Å². The minimum absolute atomic E-state index is 0.121. The van der Waals surface area contributed by atoms with Gasteiger partial charge in [0.25, 0.3) is 0 Å². The Morgan fingerprint density at radius 2 is 1.48 bits per heavy atom. The molecule has 7 nitrogen and oxygen atoms in total. The lowest BCUT2D eigenvalue weighted by molar-refractivity contribution is -0.159. The highest BCUT2D eigenvalue weighted by Gasteiger charge is 2.11. The minimum Gasteiger partial charge on any atom is -0.473 e. The van der Waals surface area contributed by atoms with E-state index in [9.17, 15) is 4.79 Å². The second-order valence-corrected chi connectivity index (χ2v) is 6.19. The topological polar surface area (TPSA) is 107 Å². The van der Waals surface area contributed by atoms with Crippen molar-refractivity contribution in [2.24, 2.45) is 0 Å². The van der Waals surface area contributed by atoms with Crippen LogP contribution in [-0.2, 0) is 14.4 Å². The van der Waals surface area contributed by atoms with E-state index in [2.05, 4.69) is 30.1 Å². The Balaban J connectivity index is 0.000000450. The Kier molecular flexibility index (Phi) is 8.63. The monoisotopic (exact) mass is 350 g/mol. The summed E-state index contributed by atoms with van der Waals surface area (Å²) in [4.78, 5) is 32.5. The van der Waals surface area contributed by atoms with Crippen LogP contribution in [0.4, 0.5) is 5.69 Å². The summed E-state index contributed by atoms with van der Waals surface area (Å²) in [6.45, 7) is 7.29. The number of carbonyl (C=O) groups is 3. The lowest BCUT2D eigenvalue weighted by atomic mass is 10.1. The van der Waals surface area contributed by atoms with Crippen LogP contribution in [0, 0.1) is 13.8 Å². The van der Waals surface area contributed by atoms with Crippen molar-refractivity contribution in [2.75, 3.05) is 25.0 Å². The number of hydrogen-bond acceptors (Lipinski definition) is 4. The van der Waals surface area contributed by atoms with Crippen molar-refractivity contribution in [2.45, 2.75) is 39.5 Å². The molecule has 1 aromatic rings.